The van der Waals surface area contributed by atoms with Crippen LogP contribution in [0.1, 0.15) is 30.1 Å². The Morgan fingerprint density at radius 1 is 1.03 bits per heavy atom. The number of carbonyl (C=O) groups excluding carboxylic acids is 1. The van der Waals surface area contributed by atoms with Gasteiger partial charge in [0.05, 0.1) is 5.52 Å². The highest BCUT2D eigenvalue weighted by atomic mass is 32.2. The first-order valence-corrected chi connectivity index (χ1v) is 12.5. The van der Waals surface area contributed by atoms with Crippen molar-refractivity contribution in [1.82, 2.24) is 14.8 Å². The second-order valence-electron chi connectivity index (χ2n) is 8.46. The van der Waals surface area contributed by atoms with Gasteiger partial charge in [0.1, 0.15) is 4.90 Å². The number of nitrogens with one attached hydrogen (secondary N) is 1. The molecule has 1 aromatic heterocycles. The topological polar surface area (TPSA) is 82.6 Å². The first-order valence-electron chi connectivity index (χ1n) is 11.0. The van der Waals surface area contributed by atoms with Crippen molar-refractivity contribution < 1.29 is 13.2 Å². The molecule has 2 aliphatic rings. The van der Waals surface area contributed by atoms with Gasteiger partial charge in [-0.25, -0.2) is 8.42 Å². The summed E-state index contributed by atoms with van der Waals surface area (Å²) in [5.41, 5.74) is 1.42. The van der Waals surface area contributed by atoms with E-state index in [1.54, 1.807) is 48.7 Å². The molecule has 2 saturated heterocycles. The molecule has 0 saturated carbocycles. The molecule has 1 N–H and O–H groups in total. The van der Waals surface area contributed by atoms with E-state index in [9.17, 15) is 13.2 Å². The van der Waals surface area contributed by atoms with E-state index in [0.717, 1.165) is 37.9 Å². The zero-order chi connectivity index (χ0) is 22.3. The second-order valence-corrected chi connectivity index (χ2v) is 10.1. The maximum absolute atomic E-state index is 13.2. The lowest BCUT2D eigenvalue weighted by atomic mass is 10.1. The molecule has 1 amide bonds. The van der Waals surface area contributed by atoms with Gasteiger partial charge in [0, 0.05) is 48.0 Å². The number of anilines is 1. The van der Waals surface area contributed by atoms with Gasteiger partial charge in [-0.15, -0.1) is 0 Å². The van der Waals surface area contributed by atoms with Gasteiger partial charge in [-0.05, 0) is 55.8 Å². The second kappa shape index (κ2) is 8.18. The quantitative estimate of drug-likeness (QED) is 0.645. The van der Waals surface area contributed by atoms with Crippen LogP contribution < -0.4 is 4.72 Å². The number of amides is 1. The summed E-state index contributed by atoms with van der Waals surface area (Å²) in [5.74, 6) is 0.0286. The Morgan fingerprint density at radius 2 is 1.72 bits per heavy atom. The molecule has 0 radical (unpaired) electrons. The van der Waals surface area contributed by atoms with E-state index in [2.05, 4.69) is 21.5 Å². The number of pyridine rings is 1. The van der Waals surface area contributed by atoms with Crippen LogP contribution in [0.15, 0.2) is 65.7 Å². The van der Waals surface area contributed by atoms with Crippen molar-refractivity contribution in [3.63, 3.8) is 0 Å². The fourth-order valence-electron chi connectivity index (χ4n) is 4.91. The summed E-state index contributed by atoms with van der Waals surface area (Å²) in [7, 11) is -3.82. The molecule has 3 aromatic rings. The smallest absolute Gasteiger partial charge is 0.264 e. The molecule has 7 nitrogen and oxygen atoms in total. The number of benzene rings is 2. The van der Waals surface area contributed by atoms with Gasteiger partial charge in [0.25, 0.3) is 15.9 Å². The van der Waals surface area contributed by atoms with Gasteiger partial charge in [-0.3, -0.25) is 19.4 Å². The average Bonchev–Trinajstić information content (AvgIpc) is 3.07. The number of hydrogen-bond acceptors (Lipinski definition) is 5. The molecule has 2 fully saturated rings. The highest BCUT2D eigenvalue weighted by molar-refractivity contribution is 7.93. The van der Waals surface area contributed by atoms with Gasteiger partial charge in [-0.2, -0.15) is 0 Å². The van der Waals surface area contributed by atoms with E-state index in [0.29, 0.717) is 16.8 Å². The number of likely N-dealkylation sites (tertiary alicyclic amines) is 1. The minimum atomic E-state index is -3.82. The molecule has 2 unspecified atom stereocenters. The minimum absolute atomic E-state index is 0.0286. The fraction of sp³-hybridized carbons (Fsp3) is 0.333. The number of carbonyl (C=O) groups is 1. The summed E-state index contributed by atoms with van der Waals surface area (Å²) in [6, 6.07) is 15.9. The maximum Gasteiger partial charge on any atom is 0.264 e. The van der Waals surface area contributed by atoms with Crippen molar-refractivity contribution in [3.05, 3.63) is 66.4 Å². The van der Waals surface area contributed by atoms with E-state index >= 15 is 0 Å². The summed E-state index contributed by atoms with van der Waals surface area (Å²) in [5, 5.41) is 0.758. The van der Waals surface area contributed by atoms with Crippen LogP contribution in [0.4, 0.5) is 5.69 Å². The lowest BCUT2D eigenvalue weighted by Gasteiger charge is -2.40. The number of sulfonamides is 1. The van der Waals surface area contributed by atoms with Crippen LogP contribution in [0.25, 0.3) is 10.9 Å². The number of hydrogen-bond donors (Lipinski definition) is 1. The molecule has 3 heterocycles. The van der Waals surface area contributed by atoms with Gasteiger partial charge in [0.2, 0.25) is 0 Å². The molecule has 2 aromatic carbocycles. The molecule has 2 bridgehead atoms. The third-order valence-electron chi connectivity index (χ3n) is 6.51. The predicted molar refractivity (Wildman–Crippen MR) is 124 cm³/mol. The Morgan fingerprint density at radius 3 is 2.41 bits per heavy atom. The third-order valence-corrected chi connectivity index (χ3v) is 7.92. The number of nitrogens with zero attached hydrogens (tertiary/aromatic N) is 3. The van der Waals surface area contributed by atoms with Crippen molar-refractivity contribution in [3.8, 4) is 0 Å². The van der Waals surface area contributed by atoms with Gasteiger partial charge in [-0.1, -0.05) is 25.1 Å². The number of rotatable bonds is 5. The Kier molecular flexibility index (Phi) is 5.35. The van der Waals surface area contributed by atoms with Crippen molar-refractivity contribution >= 4 is 32.5 Å². The van der Waals surface area contributed by atoms with Crippen molar-refractivity contribution in [2.75, 3.05) is 24.4 Å². The van der Waals surface area contributed by atoms with Crippen LogP contribution in [0, 0.1) is 0 Å². The molecule has 2 atom stereocenters. The van der Waals surface area contributed by atoms with Crippen molar-refractivity contribution in [2.24, 2.45) is 0 Å². The van der Waals surface area contributed by atoms with Gasteiger partial charge in [0.15, 0.2) is 0 Å². The summed E-state index contributed by atoms with van der Waals surface area (Å²) < 4.78 is 28.6. The normalized spacial score (nSPS) is 21.1. The maximum atomic E-state index is 13.2. The molecule has 2 aliphatic heterocycles. The van der Waals surface area contributed by atoms with E-state index < -0.39 is 10.0 Å². The van der Waals surface area contributed by atoms with Crippen LogP contribution in [0.3, 0.4) is 0 Å². The molecule has 5 rings (SSSR count). The van der Waals surface area contributed by atoms with Crippen LogP contribution in [-0.2, 0) is 10.0 Å². The first-order chi connectivity index (χ1) is 15.5. The van der Waals surface area contributed by atoms with Crippen LogP contribution in [0.5, 0.6) is 0 Å². The first kappa shape index (κ1) is 20.9. The van der Waals surface area contributed by atoms with E-state index in [-0.39, 0.29) is 22.9 Å². The van der Waals surface area contributed by atoms with Crippen molar-refractivity contribution in [1.29, 1.82) is 0 Å². The molecule has 166 valence electrons. The van der Waals surface area contributed by atoms with Crippen molar-refractivity contribution in [2.45, 2.75) is 36.7 Å². The van der Waals surface area contributed by atoms with E-state index in [1.807, 2.05) is 17.0 Å². The number of likely N-dealkylation sites (N-methyl/N-ethyl adjacent to an activating group) is 1. The lowest BCUT2D eigenvalue weighted by molar-refractivity contribution is 0.0433. The fourth-order valence-corrected chi connectivity index (χ4v) is 6.15. The minimum Gasteiger partial charge on any atom is -0.330 e. The molecule has 0 aliphatic carbocycles. The molecular weight excluding hydrogens is 424 g/mol. The van der Waals surface area contributed by atoms with E-state index in [4.69, 9.17) is 0 Å². The predicted octanol–water partition coefficient (Wildman–Crippen LogP) is 3.34. The summed E-state index contributed by atoms with van der Waals surface area (Å²) in [4.78, 5) is 22.0. The average molecular weight is 451 g/mol. The lowest BCUT2D eigenvalue weighted by Crippen LogP contribution is -2.55. The van der Waals surface area contributed by atoms with Gasteiger partial charge >= 0.3 is 0 Å². The molecule has 0 spiro atoms. The number of piperazine rings is 1. The standard InChI is InChI=1S/C24H26N4O3S/c1-2-27-15-20-12-13-21(16-27)28(20)24(29)18-8-10-19(11-9-18)26-32(30,31)22-7-3-5-17-6-4-14-25-23(17)22/h3-11,14,20-21,26H,2,12-13,15-16H2,1H3. The van der Waals surface area contributed by atoms with Crippen LogP contribution in [-0.4, -0.2) is 60.8 Å². The molecule has 32 heavy (non-hydrogen) atoms. The zero-order valence-corrected chi connectivity index (χ0v) is 18.8. The monoisotopic (exact) mass is 450 g/mol. The van der Waals surface area contributed by atoms with Crippen LogP contribution in [0.2, 0.25) is 0 Å². The number of para-hydroxylation sites is 1. The highest BCUT2D eigenvalue weighted by Crippen LogP contribution is 2.32. The highest BCUT2D eigenvalue weighted by Gasteiger charge is 2.42. The Balaban J connectivity index is 1.34. The Labute approximate surface area is 188 Å². The Bertz CT molecular complexity index is 1240. The zero-order valence-electron chi connectivity index (χ0n) is 17.9. The largest absolute Gasteiger partial charge is 0.330 e. The number of fused-ring (bicyclic) bond motifs is 3. The SMILES string of the molecule is CCN1CC2CCC(C1)N2C(=O)c1ccc(NS(=O)(=O)c2cccc3cccnc23)cc1. The van der Waals surface area contributed by atoms with E-state index in [1.165, 1.54) is 0 Å². The summed E-state index contributed by atoms with van der Waals surface area (Å²) >= 11 is 0. The van der Waals surface area contributed by atoms with Crippen LogP contribution >= 0.6 is 0 Å². The number of aromatic nitrogens is 1. The third kappa shape index (κ3) is 3.73. The summed E-state index contributed by atoms with van der Waals surface area (Å²) in [6.07, 6.45) is 3.67. The summed E-state index contributed by atoms with van der Waals surface area (Å²) in [6.45, 7) is 5.02. The molecular formula is C24H26N4O3S. The Hall–Kier alpha value is -2.97. The van der Waals surface area contributed by atoms with Gasteiger partial charge < -0.3 is 4.90 Å². The molecule has 8 heteroatoms.